The molecule has 2 heterocycles. The maximum atomic E-state index is 12.3. The van der Waals surface area contributed by atoms with E-state index in [4.69, 9.17) is 0 Å². The molecule has 0 amide bonds. The Labute approximate surface area is 122 Å². The number of piperazine rings is 1. The van der Waals surface area contributed by atoms with Crippen LogP contribution in [0.3, 0.4) is 0 Å². The summed E-state index contributed by atoms with van der Waals surface area (Å²) in [5, 5.41) is 3.06. The summed E-state index contributed by atoms with van der Waals surface area (Å²) < 4.78 is 64.8. The fourth-order valence-electron chi connectivity index (χ4n) is 2.68. The molecule has 0 saturated carbocycles. The molecule has 0 radical (unpaired) electrons. The van der Waals surface area contributed by atoms with Crippen LogP contribution in [-0.4, -0.2) is 76.2 Å². The van der Waals surface area contributed by atoms with Gasteiger partial charge >= 0.3 is 6.18 Å². The topological polar surface area (TPSA) is 64.7 Å². The van der Waals surface area contributed by atoms with Crippen LogP contribution in [0.4, 0.5) is 13.2 Å². The van der Waals surface area contributed by atoms with Crippen LogP contribution in [0.15, 0.2) is 0 Å². The van der Waals surface area contributed by atoms with Crippen LogP contribution in [0, 0.1) is 5.92 Å². The van der Waals surface area contributed by atoms with E-state index in [2.05, 4.69) is 10.0 Å². The summed E-state index contributed by atoms with van der Waals surface area (Å²) in [6, 6.07) is 0. The van der Waals surface area contributed by atoms with Crippen molar-refractivity contribution in [2.75, 3.05) is 52.4 Å². The van der Waals surface area contributed by atoms with Crippen LogP contribution in [0.25, 0.3) is 0 Å². The van der Waals surface area contributed by atoms with Crippen molar-refractivity contribution in [2.24, 2.45) is 5.92 Å². The third-order valence-corrected chi connectivity index (χ3v) is 5.32. The second-order valence-electron chi connectivity index (χ2n) is 5.51. The molecule has 1 unspecified atom stereocenters. The average Bonchev–Trinajstić information content (AvgIpc) is 2.83. The molecule has 2 saturated heterocycles. The van der Waals surface area contributed by atoms with E-state index in [-0.39, 0.29) is 19.0 Å². The van der Waals surface area contributed by atoms with Gasteiger partial charge in [-0.05, 0) is 18.9 Å². The summed E-state index contributed by atoms with van der Waals surface area (Å²) in [5.74, 6) is -0.0648. The van der Waals surface area contributed by atoms with Crippen molar-refractivity contribution in [3.63, 3.8) is 0 Å². The minimum atomic E-state index is -4.20. The summed E-state index contributed by atoms with van der Waals surface area (Å²) in [6.45, 7) is 1.98. The van der Waals surface area contributed by atoms with E-state index in [1.807, 2.05) is 0 Å². The fourth-order valence-corrected chi connectivity index (χ4v) is 3.97. The number of halogens is 3. The van der Waals surface area contributed by atoms with E-state index < -0.39 is 22.9 Å². The highest BCUT2D eigenvalue weighted by atomic mass is 32.2. The Bertz CT molecular complexity index is 437. The number of hydrogen-bond acceptors (Lipinski definition) is 4. The molecule has 1 atom stereocenters. The average molecular weight is 330 g/mol. The SMILES string of the molecule is O=S(=O)(NCC1CCN(CC(F)(F)F)C1)N1CCNCC1. The monoisotopic (exact) mass is 330 g/mol. The smallest absolute Gasteiger partial charge is 0.314 e. The summed E-state index contributed by atoms with van der Waals surface area (Å²) in [4.78, 5) is 1.32. The van der Waals surface area contributed by atoms with Gasteiger partial charge in [0.1, 0.15) is 0 Å². The highest BCUT2D eigenvalue weighted by Crippen LogP contribution is 2.22. The van der Waals surface area contributed by atoms with E-state index >= 15 is 0 Å². The second kappa shape index (κ2) is 6.78. The first kappa shape index (κ1) is 16.9. The van der Waals surface area contributed by atoms with E-state index in [1.54, 1.807) is 0 Å². The lowest BCUT2D eigenvalue weighted by atomic mass is 10.1. The van der Waals surface area contributed by atoms with Crippen molar-refractivity contribution < 1.29 is 21.6 Å². The van der Waals surface area contributed by atoms with Crippen LogP contribution >= 0.6 is 0 Å². The molecule has 0 aromatic rings. The maximum absolute atomic E-state index is 12.3. The Balaban J connectivity index is 1.76. The van der Waals surface area contributed by atoms with Gasteiger partial charge in [-0.1, -0.05) is 0 Å². The van der Waals surface area contributed by atoms with Gasteiger partial charge in [-0.2, -0.15) is 25.9 Å². The molecule has 0 aromatic heterocycles. The first-order chi connectivity index (χ1) is 9.76. The van der Waals surface area contributed by atoms with Gasteiger partial charge in [0, 0.05) is 39.3 Å². The Morgan fingerprint density at radius 2 is 1.86 bits per heavy atom. The minimum absolute atomic E-state index is 0.0648. The first-order valence-electron chi connectivity index (χ1n) is 7.01. The molecular weight excluding hydrogens is 309 g/mol. The largest absolute Gasteiger partial charge is 0.401 e. The molecule has 6 nitrogen and oxygen atoms in total. The zero-order valence-corrected chi connectivity index (χ0v) is 12.5. The number of nitrogens with zero attached hydrogens (tertiary/aromatic N) is 2. The number of rotatable bonds is 5. The molecule has 2 fully saturated rings. The molecule has 2 aliphatic rings. The molecule has 10 heteroatoms. The van der Waals surface area contributed by atoms with E-state index in [1.165, 1.54) is 9.21 Å². The Morgan fingerprint density at radius 3 is 2.48 bits per heavy atom. The van der Waals surface area contributed by atoms with Crippen molar-refractivity contribution >= 4 is 10.2 Å². The van der Waals surface area contributed by atoms with Crippen LogP contribution in [0.2, 0.25) is 0 Å². The fraction of sp³-hybridized carbons (Fsp3) is 1.00. The third-order valence-electron chi connectivity index (χ3n) is 3.74. The van der Waals surface area contributed by atoms with Crippen molar-refractivity contribution in [3.8, 4) is 0 Å². The van der Waals surface area contributed by atoms with Gasteiger partial charge in [0.05, 0.1) is 6.54 Å². The van der Waals surface area contributed by atoms with Crippen molar-refractivity contribution in [3.05, 3.63) is 0 Å². The zero-order valence-electron chi connectivity index (χ0n) is 11.7. The Kier molecular flexibility index (Phi) is 5.47. The predicted molar refractivity (Wildman–Crippen MR) is 72.0 cm³/mol. The first-order valence-corrected chi connectivity index (χ1v) is 8.45. The van der Waals surface area contributed by atoms with Gasteiger partial charge in [-0.3, -0.25) is 4.90 Å². The lowest BCUT2D eigenvalue weighted by molar-refractivity contribution is -0.143. The summed E-state index contributed by atoms with van der Waals surface area (Å²) in [7, 11) is -3.52. The molecule has 0 spiro atoms. The predicted octanol–water partition coefficient (Wildman–Crippen LogP) is -0.390. The van der Waals surface area contributed by atoms with Crippen molar-refractivity contribution in [1.82, 2.24) is 19.2 Å². The van der Waals surface area contributed by atoms with Crippen LogP contribution < -0.4 is 10.0 Å². The van der Waals surface area contributed by atoms with Crippen LogP contribution in [-0.2, 0) is 10.2 Å². The number of likely N-dealkylation sites (tertiary alicyclic amines) is 1. The van der Waals surface area contributed by atoms with Gasteiger partial charge in [-0.15, -0.1) is 0 Å². The standard InChI is InChI=1S/C11H21F3N4O2S/c12-11(13,14)9-17-4-1-10(8-17)7-16-21(19,20)18-5-2-15-3-6-18/h10,15-16H,1-9H2. The molecule has 2 N–H and O–H groups in total. The molecule has 2 rings (SSSR count). The van der Waals surface area contributed by atoms with E-state index in [9.17, 15) is 21.6 Å². The lowest BCUT2D eigenvalue weighted by Crippen LogP contribution is -2.51. The third kappa shape index (κ3) is 5.37. The van der Waals surface area contributed by atoms with Crippen molar-refractivity contribution in [1.29, 1.82) is 0 Å². The maximum Gasteiger partial charge on any atom is 0.401 e. The zero-order chi connectivity index (χ0) is 15.5. The molecule has 124 valence electrons. The molecule has 0 bridgehead atoms. The molecule has 21 heavy (non-hydrogen) atoms. The van der Waals surface area contributed by atoms with Gasteiger partial charge in [0.15, 0.2) is 0 Å². The van der Waals surface area contributed by atoms with Gasteiger partial charge in [0.25, 0.3) is 10.2 Å². The van der Waals surface area contributed by atoms with Crippen molar-refractivity contribution in [2.45, 2.75) is 12.6 Å². The summed E-state index contributed by atoms with van der Waals surface area (Å²) in [5.41, 5.74) is 0. The Morgan fingerprint density at radius 1 is 1.19 bits per heavy atom. The van der Waals surface area contributed by atoms with Crippen LogP contribution in [0.5, 0.6) is 0 Å². The second-order valence-corrected chi connectivity index (χ2v) is 7.26. The van der Waals surface area contributed by atoms with E-state index in [0.29, 0.717) is 39.1 Å². The molecule has 0 aromatic carbocycles. The molecule has 0 aliphatic carbocycles. The number of hydrogen-bond donors (Lipinski definition) is 2. The molecular formula is C11H21F3N4O2S. The Hall–Kier alpha value is -0.420. The van der Waals surface area contributed by atoms with Gasteiger partial charge < -0.3 is 5.32 Å². The molecule has 2 aliphatic heterocycles. The number of nitrogens with one attached hydrogen (secondary N) is 2. The normalized spacial score (nSPS) is 26.3. The van der Waals surface area contributed by atoms with Gasteiger partial charge in [0.2, 0.25) is 0 Å². The number of alkyl halides is 3. The highest BCUT2D eigenvalue weighted by Gasteiger charge is 2.34. The van der Waals surface area contributed by atoms with E-state index in [0.717, 1.165) is 0 Å². The highest BCUT2D eigenvalue weighted by molar-refractivity contribution is 7.87. The lowest BCUT2D eigenvalue weighted by Gasteiger charge is -2.27. The minimum Gasteiger partial charge on any atom is -0.314 e. The summed E-state index contributed by atoms with van der Waals surface area (Å²) in [6.07, 6.45) is -3.62. The van der Waals surface area contributed by atoms with Gasteiger partial charge in [-0.25, -0.2) is 4.72 Å². The quantitative estimate of drug-likeness (QED) is 0.721. The summed E-state index contributed by atoms with van der Waals surface area (Å²) >= 11 is 0. The van der Waals surface area contributed by atoms with Crippen LogP contribution in [0.1, 0.15) is 6.42 Å².